The van der Waals surface area contributed by atoms with Crippen LogP contribution in [-0.2, 0) is 0 Å². The number of aromatic nitrogens is 2. The summed E-state index contributed by atoms with van der Waals surface area (Å²) in [5.74, 6) is 0.757. The fraction of sp³-hybridized carbons (Fsp3) is 0.667. The Labute approximate surface area is 108 Å². The zero-order valence-electron chi connectivity index (χ0n) is 10.8. The third-order valence-electron chi connectivity index (χ3n) is 2.96. The number of hydrogen-bond acceptors (Lipinski definition) is 4. The number of nitrogens with two attached hydrogens (primary N) is 1. The van der Waals surface area contributed by atoms with Crippen LogP contribution in [0.5, 0.6) is 0 Å². The lowest BCUT2D eigenvalue weighted by Gasteiger charge is -2.30. The number of halogens is 1. The molecule has 5 heteroatoms. The standard InChI is InChI=1S/C12H21ClN4/c1-4-6-7-17(9(3)5-2)12-10(14)11(13)15-8-16-12/h8-9H,4-7,14H2,1-3H3. The van der Waals surface area contributed by atoms with Gasteiger partial charge in [0, 0.05) is 12.6 Å². The van der Waals surface area contributed by atoms with Crippen LogP contribution in [0.4, 0.5) is 11.5 Å². The van der Waals surface area contributed by atoms with Crippen molar-refractivity contribution in [3.05, 3.63) is 11.5 Å². The van der Waals surface area contributed by atoms with E-state index in [1.165, 1.54) is 6.33 Å². The Bertz CT molecular complexity index is 356. The summed E-state index contributed by atoms with van der Waals surface area (Å²) in [6.45, 7) is 7.45. The number of nitrogen functional groups attached to an aromatic ring is 1. The van der Waals surface area contributed by atoms with Gasteiger partial charge in [-0.25, -0.2) is 9.97 Å². The molecule has 96 valence electrons. The first-order chi connectivity index (χ1) is 8.11. The average Bonchev–Trinajstić information content (AvgIpc) is 2.34. The zero-order valence-corrected chi connectivity index (χ0v) is 11.5. The van der Waals surface area contributed by atoms with Gasteiger partial charge in [-0.3, -0.25) is 0 Å². The van der Waals surface area contributed by atoms with Crippen molar-refractivity contribution in [1.82, 2.24) is 9.97 Å². The van der Waals surface area contributed by atoms with Gasteiger partial charge in [0.25, 0.3) is 0 Å². The van der Waals surface area contributed by atoms with Crippen molar-refractivity contribution < 1.29 is 0 Å². The Hall–Kier alpha value is -1.03. The Morgan fingerprint density at radius 1 is 1.41 bits per heavy atom. The number of rotatable bonds is 6. The predicted molar refractivity (Wildman–Crippen MR) is 73.5 cm³/mol. The predicted octanol–water partition coefficient (Wildman–Crippen LogP) is 3.12. The fourth-order valence-corrected chi connectivity index (χ4v) is 1.81. The van der Waals surface area contributed by atoms with E-state index in [-0.39, 0.29) is 0 Å². The Balaban J connectivity index is 2.99. The first-order valence-electron chi connectivity index (χ1n) is 6.14. The quantitative estimate of drug-likeness (QED) is 0.795. The molecule has 0 saturated carbocycles. The molecular weight excluding hydrogens is 236 g/mol. The highest BCUT2D eigenvalue weighted by atomic mass is 35.5. The smallest absolute Gasteiger partial charge is 0.157 e. The second-order valence-corrected chi connectivity index (χ2v) is 4.56. The van der Waals surface area contributed by atoms with Crippen molar-refractivity contribution >= 4 is 23.1 Å². The number of unbranched alkanes of at least 4 members (excludes halogenated alkanes) is 1. The highest BCUT2D eigenvalue weighted by Crippen LogP contribution is 2.27. The Kier molecular flexibility index (Phi) is 5.48. The van der Waals surface area contributed by atoms with Crippen LogP contribution < -0.4 is 10.6 Å². The van der Waals surface area contributed by atoms with Gasteiger partial charge in [0.2, 0.25) is 0 Å². The van der Waals surface area contributed by atoms with Crippen molar-refractivity contribution in [2.24, 2.45) is 0 Å². The summed E-state index contributed by atoms with van der Waals surface area (Å²) in [6, 6.07) is 0.398. The summed E-state index contributed by atoms with van der Waals surface area (Å²) in [5.41, 5.74) is 6.43. The van der Waals surface area contributed by atoms with Gasteiger partial charge >= 0.3 is 0 Å². The molecule has 0 aliphatic rings. The molecule has 1 aromatic heterocycles. The lowest BCUT2D eigenvalue weighted by molar-refractivity contribution is 0.590. The molecule has 0 spiro atoms. The largest absolute Gasteiger partial charge is 0.393 e. The molecular formula is C12H21ClN4. The molecule has 0 radical (unpaired) electrons. The van der Waals surface area contributed by atoms with Crippen molar-refractivity contribution in [2.45, 2.75) is 46.1 Å². The van der Waals surface area contributed by atoms with E-state index in [0.717, 1.165) is 31.6 Å². The molecule has 0 aliphatic heterocycles. The van der Waals surface area contributed by atoms with E-state index in [4.69, 9.17) is 17.3 Å². The molecule has 4 nitrogen and oxygen atoms in total. The van der Waals surface area contributed by atoms with Crippen LogP contribution in [0.2, 0.25) is 5.15 Å². The number of hydrogen-bond donors (Lipinski definition) is 1. The molecule has 0 saturated heterocycles. The Morgan fingerprint density at radius 2 is 2.12 bits per heavy atom. The van der Waals surface area contributed by atoms with E-state index in [0.29, 0.717) is 16.9 Å². The van der Waals surface area contributed by atoms with E-state index in [9.17, 15) is 0 Å². The van der Waals surface area contributed by atoms with E-state index in [1.54, 1.807) is 0 Å². The number of nitrogens with zero attached hydrogens (tertiary/aromatic N) is 3. The monoisotopic (exact) mass is 256 g/mol. The first kappa shape index (κ1) is 14.0. The van der Waals surface area contributed by atoms with E-state index in [2.05, 4.69) is 35.6 Å². The highest BCUT2D eigenvalue weighted by molar-refractivity contribution is 6.32. The maximum Gasteiger partial charge on any atom is 0.157 e. The summed E-state index contributed by atoms with van der Waals surface area (Å²) in [6.07, 6.45) is 4.77. The van der Waals surface area contributed by atoms with Crippen molar-refractivity contribution in [3.63, 3.8) is 0 Å². The molecule has 1 rings (SSSR count). The second kappa shape index (κ2) is 6.64. The van der Waals surface area contributed by atoms with E-state index in [1.807, 2.05) is 0 Å². The summed E-state index contributed by atoms with van der Waals surface area (Å²) in [5, 5.41) is 0.333. The van der Waals surface area contributed by atoms with Crippen molar-refractivity contribution in [1.29, 1.82) is 0 Å². The molecule has 2 N–H and O–H groups in total. The van der Waals surface area contributed by atoms with Crippen molar-refractivity contribution in [2.75, 3.05) is 17.2 Å². The highest BCUT2D eigenvalue weighted by Gasteiger charge is 2.18. The normalized spacial score (nSPS) is 12.5. The minimum Gasteiger partial charge on any atom is -0.393 e. The minimum absolute atomic E-state index is 0.333. The number of anilines is 2. The maximum atomic E-state index is 5.95. The van der Waals surface area contributed by atoms with Crippen LogP contribution in [0.15, 0.2) is 6.33 Å². The van der Waals surface area contributed by atoms with Crippen LogP contribution in [0.3, 0.4) is 0 Å². The van der Waals surface area contributed by atoms with Gasteiger partial charge in [-0.15, -0.1) is 0 Å². The van der Waals surface area contributed by atoms with Gasteiger partial charge in [-0.05, 0) is 19.8 Å². The third kappa shape index (κ3) is 3.46. The molecule has 1 unspecified atom stereocenters. The molecule has 1 aromatic rings. The minimum atomic E-state index is 0.333. The molecule has 0 bridgehead atoms. The first-order valence-corrected chi connectivity index (χ1v) is 6.52. The zero-order chi connectivity index (χ0) is 12.8. The molecule has 0 amide bonds. The SMILES string of the molecule is CCCCN(c1ncnc(Cl)c1N)C(C)CC. The summed E-state index contributed by atoms with van der Waals surface area (Å²) in [4.78, 5) is 10.4. The molecule has 0 aliphatic carbocycles. The van der Waals surface area contributed by atoms with Crippen molar-refractivity contribution in [3.8, 4) is 0 Å². The van der Waals surface area contributed by atoms with Gasteiger partial charge < -0.3 is 10.6 Å². The second-order valence-electron chi connectivity index (χ2n) is 4.21. The summed E-state index contributed by atoms with van der Waals surface area (Å²) < 4.78 is 0. The molecule has 1 atom stereocenters. The lowest BCUT2D eigenvalue weighted by Crippen LogP contribution is -2.35. The maximum absolute atomic E-state index is 5.95. The van der Waals surface area contributed by atoms with Crippen LogP contribution >= 0.6 is 11.6 Å². The van der Waals surface area contributed by atoms with Gasteiger partial charge in [-0.2, -0.15) is 0 Å². The van der Waals surface area contributed by atoms with Gasteiger partial charge in [0.05, 0.1) is 0 Å². The molecule has 1 heterocycles. The molecule has 0 fully saturated rings. The fourth-order valence-electron chi connectivity index (χ4n) is 1.68. The van der Waals surface area contributed by atoms with E-state index < -0.39 is 0 Å². The lowest BCUT2D eigenvalue weighted by atomic mass is 10.2. The van der Waals surface area contributed by atoms with Crippen LogP contribution in [0.1, 0.15) is 40.0 Å². The molecule has 17 heavy (non-hydrogen) atoms. The average molecular weight is 257 g/mol. The van der Waals surface area contributed by atoms with E-state index >= 15 is 0 Å². The summed E-state index contributed by atoms with van der Waals surface area (Å²) >= 11 is 5.94. The summed E-state index contributed by atoms with van der Waals surface area (Å²) in [7, 11) is 0. The molecule has 0 aromatic carbocycles. The third-order valence-corrected chi connectivity index (χ3v) is 3.26. The van der Waals surface area contributed by atoms with Gasteiger partial charge in [0.15, 0.2) is 11.0 Å². The van der Waals surface area contributed by atoms with Crippen LogP contribution in [0, 0.1) is 0 Å². The topological polar surface area (TPSA) is 55.0 Å². The van der Waals surface area contributed by atoms with Crippen LogP contribution in [0.25, 0.3) is 0 Å². The van der Waals surface area contributed by atoms with Gasteiger partial charge in [0.1, 0.15) is 12.0 Å². The van der Waals surface area contributed by atoms with Crippen LogP contribution in [-0.4, -0.2) is 22.6 Å². The Morgan fingerprint density at radius 3 is 2.71 bits per heavy atom. The van der Waals surface area contributed by atoms with Gasteiger partial charge in [-0.1, -0.05) is 31.9 Å².